The Balaban J connectivity index is 1.91. The first-order valence-corrected chi connectivity index (χ1v) is 8.74. The molecule has 4 heteroatoms. The number of nitrogens with zero attached hydrogens (tertiary/aromatic N) is 2. The third kappa shape index (κ3) is 5.06. The van der Waals surface area contributed by atoms with Gasteiger partial charge in [0.1, 0.15) is 0 Å². The largest absolute Gasteiger partial charge is 0.313 e. The third-order valence-corrected chi connectivity index (χ3v) is 5.04. The van der Waals surface area contributed by atoms with E-state index in [1.54, 1.807) is 0 Å². The molecule has 1 N–H and O–H groups in total. The van der Waals surface area contributed by atoms with Crippen LogP contribution in [0.2, 0.25) is 0 Å². The van der Waals surface area contributed by atoms with Gasteiger partial charge in [0, 0.05) is 29.6 Å². The molecular formula is C17H28BrN3. The van der Waals surface area contributed by atoms with Gasteiger partial charge in [0.05, 0.1) is 0 Å². The second-order valence-corrected chi connectivity index (χ2v) is 7.10. The van der Waals surface area contributed by atoms with Crippen molar-refractivity contribution in [3.63, 3.8) is 0 Å². The highest BCUT2D eigenvalue weighted by molar-refractivity contribution is 9.10. The summed E-state index contributed by atoms with van der Waals surface area (Å²) in [6.07, 6.45) is 2.44. The molecule has 0 amide bonds. The Labute approximate surface area is 137 Å². The van der Waals surface area contributed by atoms with Gasteiger partial charge in [-0.05, 0) is 64.6 Å². The van der Waals surface area contributed by atoms with Crippen LogP contribution in [-0.4, -0.2) is 56.1 Å². The minimum atomic E-state index is 0.436. The van der Waals surface area contributed by atoms with E-state index in [1.165, 1.54) is 31.6 Å². The highest BCUT2D eigenvalue weighted by Crippen LogP contribution is 2.20. The first-order valence-electron chi connectivity index (χ1n) is 7.95. The lowest BCUT2D eigenvalue weighted by molar-refractivity contribution is 0.193. The predicted octanol–water partition coefficient (Wildman–Crippen LogP) is 3.13. The molecular weight excluding hydrogens is 326 g/mol. The first kappa shape index (κ1) is 16.9. The quantitative estimate of drug-likeness (QED) is 0.877. The fraction of sp³-hybridized carbons (Fsp3) is 0.647. The molecule has 1 aromatic carbocycles. The van der Waals surface area contributed by atoms with Crippen LogP contribution in [0.1, 0.15) is 31.4 Å². The normalized spacial score (nSPS) is 23.0. The van der Waals surface area contributed by atoms with Crippen molar-refractivity contribution in [1.29, 1.82) is 0 Å². The van der Waals surface area contributed by atoms with Gasteiger partial charge in [-0.1, -0.05) is 28.1 Å². The van der Waals surface area contributed by atoms with Crippen molar-refractivity contribution in [2.75, 3.05) is 40.3 Å². The average molecular weight is 354 g/mol. The SMILES string of the molecule is CNC(CCN1CCCN(C)CC1C)c1ccc(Br)cc1. The Bertz CT molecular complexity index is 421. The zero-order valence-corrected chi connectivity index (χ0v) is 15.1. The molecule has 0 bridgehead atoms. The number of nitrogens with one attached hydrogen (secondary N) is 1. The van der Waals surface area contributed by atoms with E-state index in [9.17, 15) is 0 Å². The number of hydrogen-bond acceptors (Lipinski definition) is 3. The lowest BCUT2D eigenvalue weighted by Gasteiger charge is -2.29. The van der Waals surface area contributed by atoms with Crippen LogP contribution in [0.25, 0.3) is 0 Å². The van der Waals surface area contributed by atoms with E-state index in [-0.39, 0.29) is 0 Å². The Morgan fingerprint density at radius 2 is 2.00 bits per heavy atom. The minimum Gasteiger partial charge on any atom is -0.313 e. The molecule has 0 aromatic heterocycles. The van der Waals surface area contributed by atoms with Crippen LogP contribution >= 0.6 is 15.9 Å². The lowest BCUT2D eigenvalue weighted by atomic mass is 10.0. The second-order valence-electron chi connectivity index (χ2n) is 6.18. The van der Waals surface area contributed by atoms with Crippen molar-refractivity contribution < 1.29 is 0 Å². The Hall–Kier alpha value is -0.420. The zero-order valence-electron chi connectivity index (χ0n) is 13.5. The lowest BCUT2D eigenvalue weighted by Crippen LogP contribution is -2.39. The van der Waals surface area contributed by atoms with Crippen molar-refractivity contribution in [2.45, 2.75) is 31.8 Å². The van der Waals surface area contributed by atoms with Gasteiger partial charge < -0.3 is 10.2 Å². The maximum atomic E-state index is 3.51. The van der Waals surface area contributed by atoms with Crippen LogP contribution in [-0.2, 0) is 0 Å². The maximum absolute atomic E-state index is 3.51. The van der Waals surface area contributed by atoms with Crippen LogP contribution in [0, 0.1) is 0 Å². The highest BCUT2D eigenvalue weighted by atomic mass is 79.9. The van der Waals surface area contributed by atoms with E-state index in [4.69, 9.17) is 0 Å². The van der Waals surface area contributed by atoms with Gasteiger partial charge in [-0.25, -0.2) is 0 Å². The Morgan fingerprint density at radius 1 is 1.29 bits per heavy atom. The Kier molecular flexibility index (Phi) is 6.68. The summed E-state index contributed by atoms with van der Waals surface area (Å²) in [5, 5.41) is 3.46. The fourth-order valence-corrected chi connectivity index (χ4v) is 3.49. The molecule has 1 fully saturated rings. The summed E-state index contributed by atoms with van der Waals surface area (Å²) in [6, 6.07) is 9.77. The molecule has 1 aromatic rings. The molecule has 1 heterocycles. The van der Waals surface area contributed by atoms with Crippen molar-refractivity contribution in [3.8, 4) is 0 Å². The van der Waals surface area contributed by atoms with E-state index in [0.29, 0.717) is 12.1 Å². The molecule has 0 aliphatic carbocycles. The molecule has 2 unspecified atom stereocenters. The zero-order chi connectivity index (χ0) is 15.2. The number of hydrogen-bond donors (Lipinski definition) is 1. The molecule has 118 valence electrons. The number of likely N-dealkylation sites (N-methyl/N-ethyl adjacent to an activating group) is 1. The summed E-state index contributed by atoms with van der Waals surface area (Å²) >= 11 is 3.51. The van der Waals surface area contributed by atoms with Gasteiger partial charge in [0.15, 0.2) is 0 Å². The van der Waals surface area contributed by atoms with Gasteiger partial charge >= 0.3 is 0 Å². The van der Waals surface area contributed by atoms with E-state index in [0.717, 1.165) is 17.4 Å². The van der Waals surface area contributed by atoms with Crippen LogP contribution in [0.5, 0.6) is 0 Å². The summed E-state index contributed by atoms with van der Waals surface area (Å²) in [6.45, 7) is 7.15. The van der Waals surface area contributed by atoms with Gasteiger partial charge in [-0.15, -0.1) is 0 Å². The third-order valence-electron chi connectivity index (χ3n) is 4.51. The van der Waals surface area contributed by atoms with E-state index in [2.05, 4.69) is 76.3 Å². The number of rotatable bonds is 5. The van der Waals surface area contributed by atoms with Gasteiger partial charge in [-0.2, -0.15) is 0 Å². The van der Waals surface area contributed by atoms with Crippen molar-refractivity contribution >= 4 is 15.9 Å². The summed E-state index contributed by atoms with van der Waals surface area (Å²) in [5.41, 5.74) is 1.38. The van der Waals surface area contributed by atoms with Gasteiger partial charge in [0.2, 0.25) is 0 Å². The summed E-state index contributed by atoms with van der Waals surface area (Å²) in [7, 11) is 4.30. The second kappa shape index (κ2) is 8.28. The van der Waals surface area contributed by atoms with Crippen LogP contribution in [0.15, 0.2) is 28.7 Å². The molecule has 2 rings (SSSR count). The summed E-state index contributed by atoms with van der Waals surface area (Å²) in [4.78, 5) is 5.10. The maximum Gasteiger partial charge on any atom is 0.0329 e. The molecule has 0 radical (unpaired) electrons. The van der Waals surface area contributed by atoms with Crippen molar-refractivity contribution in [2.24, 2.45) is 0 Å². The van der Waals surface area contributed by atoms with Gasteiger partial charge in [0.25, 0.3) is 0 Å². The number of halogens is 1. The highest BCUT2D eigenvalue weighted by Gasteiger charge is 2.20. The smallest absolute Gasteiger partial charge is 0.0329 e. The molecule has 0 saturated carbocycles. The molecule has 21 heavy (non-hydrogen) atoms. The molecule has 1 aliphatic rings. The molecule has 1 aliphatic heterocycles. The molecule has 1 saturated heterocycles. The molecule has 0 spiro atoms. The van der Waals surface area contributed by atoms with Crippen molar-refractivity contribution in [3.05, 3.63) is 34.3 Å². The van der Waals surface area contributed by atoms with Gasteiger partial charge in [-0.3, -0.25) is 4.90 Å². The summed E-state index contributed by atoms with van der Waals surface area (Å²) < 4.78 is 1.14. The fourth-order valence-electron chi connectivity index (χ4n) is 3.22. The predicted molar refractivity (Wildman–Crippen MR) is 93.7 cm³/mol. The van der Waals surface area contributed by atoms with Crippen LogP contribution < -0.4 is 5.32 Å². The van der Waals surface area contributed by atoms with Crippen LogP contribution in [0.4, 0.5) is 0 Å². The average Bonchev–Trinajstić information content (AvgIpc) is 2.62. The first-order chi connectivity index (χ1) is 10.1. The minimum absolute atomic E-state index is 0.436. The number of benzene rings is 1. The van der Waals surface area contributed by atoms with Crippen molar-refractivity contribution in [1.82, 2.24) is 15.1 Å². The van der Waals surface area contributed by atoms with E-state index >= 15 is 0 Å². The molecule has 2 atom stereocenters. The topological polar surface area (TPSA) is 18.5 Å². The Morgan fingerprint density at radius 3 is 2.67 bits per heavy atom. The summed E-state index contributed by atoms with van der Waals surface area (Å²) in [5.74, 6) is 0. The monoisotopic (exact) mass is 353 g/mol. The standard InChI is InChI=1S/C17H28BrN3/c1-14-13-20(3)10-4-11-21(14)12-9-17(19-2)15-5-7-16(18)8-6-15/h5-8,14,17,19H,4,9-13H2,1-3H3. The van der Waals surface area contributed by atoms with Crippen LogP contribution in [0.3, 0.4) is 0 Å². The van der Waals surface area contributed by atoms with E-state index < -0.39 is 0 Å². The van der Waals surface area contributed by atoms with E-state index in [1.807, 2.05) is 0 Å². The molecule has 3 nitrogen and oxygen atoms in total.